The smallest absolute Gasteiger partial charge is 0.279 e. The molecular weight excluding hydrogens is 391 g/mol. The molecule has 0 radical (unpaired) electrons. The molecule has 7 heteroatoms. The predicted octanol–water partition coefficient (Wildman–Crippen LogP) is 4.91. The fraction of sp³-hybridized carbons (Fsp3) is 0.182. The van der Waals surface area contributed by atoms with Gasteiger partial charge >= 0.3 is 0 Å². The van der Waals surface area contributed by atoms with Crippen LogP contribution in [-0.2, 0) is 6.42 Å². The Morgan fingerprint density at radius 2 is 2.14 bits per heavy atom. The first-order chi connectivity index (χ1) is 14.2. The highest BCUT2D eigenvalue weighted by Crippen LogP contribution is 2.40. The van der Waals surface area contributed by atoms with E-state index in [-0.39, 0.29) is 11.7 Å². The van der Waals surface area contributed by atoms with Crippen LogP contribution < -0.4 is 9.47 Å². The highest BCUT2D eigenvalue weighted by atomic mass is 32.1. The first kappa shape index (κ1) is 18.0. The molecule has 4 aromatic rings. The fourth-order valence-corrected chi connectivity index (χ4v) is 4.33. The van der Waals surface area contributed by atoms with Crippen molar-refractivity contribution in [3.05, 3.63) is 77.9 Å². The Morgan fingerprint density at radius 3 is 3.00 bits per heavy atom. The second-order valence-corrected chi connectivity index (χ2v) is 7.97. The Labute approximate surface area is 170 Å². The lowest BCUT2D eigenvalue weighted by Crippen LogP contribution is -2.27. The highest BCUT2D eigenvalue weighted by Gasteiger charge is 2.30. The van der Waals surface area contributed by atoms with Gasteiger partial charge in [-0.15, -0.1) is 0 Å². The molecule has 0 saturated carbocycles. The lowest BCUT2D eigenvalue weighted by molar-refractivity contribution is 0.0505. The predicted molar refractivity (Wildman–Crippen MR) is 108 cm³/mol. The minimum Gasteiger partial charge on any atom is -0.493 e. The summed E-state index contributed by atoms with van der Waals surface area (Å²) >= 11 is 1.34. The summed E-state index contributed by atoms with van der Waals surface area (Å²) in [6.45, 7) is 0.437. The standard InChI is InChI=1S/C22H17FN2O3S/c23-15-3-6-20-18(9-15)25-22(29-20)28-16-4-5-19-17(10-16)21(26)14(12-27-19)8-13-2-1-7-24-11-13/h1-7,9-11,14,21,26H,8,12H2/t14-,21-/m1/s1. The second kappa shape index (κ2) is 7.42. The molecule has 1 N–H and O–H groups in total. The number of aromatic nitrogens is 2. The van der Waals surface area contributed by atoms with Gasteiger partial charge in [-0.2, -0.15) is 0 Å². The summed E-state index contributed by atoms with van der Waals surface area (Å²) in [4.78, 5) is 8.46. The maximum atomic E-state index is 13.4. The molecule has 0 fully saturated rings. The Bertz CT molecular complexity index is 1170. The maximum Gasteiger partial charge on any atom is 0.279 e. The van der Waals surface area contributed by atoms with Crippen molar-refractivity contribution in [1.82, 2.24) is 9.97 Å². The van der Waals surface area contributed by atoms with Gasteiger partial charge in [0.25, 0.3) is 5.19 Å². The summed E-state index contributed by atoms with van der Waals surface area (Å²) in [7, 11) is 0. The summed E-state index contributed by atoms with van der Waals surface area (Å²) < 4.78 is 26.0. The van der Waals surface area contributed by atoms with Gasteiger partial charge < -0.3 is 14.6 Å². The largest absolute Gasteiger partial charge is 0.493 e. The molecule has 1 aliphatic rings. The van der Waals surface area contributed by atoms with Crippen LogP contribution in [0.25, 0.3) is 10.2 Å². The van der Waals surface area contributed by atoms with Gasteiger partial charge in [0.2, 0.25) is 0 Å². The summed E-state index contributed by atoms with van der Waals surface area (Å²) in [5, 5.41) is 11.3. The summed E-state index contributed by atoms with van der Waals surface area (Å²) in [5.74, 6) is 0.794. The monoisotopic (exact) mass is 408 g/mol. The summed E-state index contributed by atoms with van der Waals surface area (Å²) in [5.41, 5.74) is 2.30. The summed E-state index contributed by atoms with van der Waals surface area (Å²) in [6, 6.07) is 13.7. The van der Waals surface area contributed by atoms with E-state index in [4.69, 9.17) is 9.47 Å². The van der Waals surface area contributed by atoms with Gasteiger partial charge in [0.15, 0.2) is 0 Å². The normalized spacial score (nSPS) is 18.3. The van der Waals surface area contributed by atoms with Crippen molar-refractivity contribution in [2.45, 2.75) is 12.5 Å². The molecule has 2 atom stereocenters. The van der Waals surface area contributed by atoms with Gasteiger partial charge in [-0.1, -0.05) is 17.4 Å². The Morgan fingerprint density at radius 1 is 1.21 bits per heavy atom. The number of aliphatic hydroxyl groups excluding tert-OH is 1. The number of hydrogen-bond acceptors (Lipinski definition) is 6. The molecule has 0 saturated heterocycles. The van der Waals surface area contributed by atoms with E-state index < -0.39 is 6.10 Å². The van der Waals surface area contributed by atoms with Crippen LogP contribution in [0.4, 0.5) is 4.39 Å². The van der Waals surface area contributed by atoms with Crippen LogP contribution in [0.3, 0.4) is 0 Å². The molecule has 2 aromatic carbocycles. The average Bonchev–Trinajstić information content (AvgIpc) is 3.12. The quantitative estimate of drug-likeness (QED) is 0.520. The zero-order valence-corrected chi connectivity index (χ0v) is 16.1. The van der Waals surface area contributed by atoms with Crippen molar-refractivity contribution in [3.63, 3.8) is 0 Å². The number of thiazole rings is 1. The number of nitrogens with zero attached hydrogens (tertiary/aromatic N) is 2. The molecule has 1 aliphatic heterocycles. The van der Waals surface area contributed by atoms with E-state index in [0.29, 0.717) is 40.8 Å². The zero-order chi connectivity index (χ0) is 19.8. The van der Waals surface area contributed by atoms with Crippen molar-refractivity contribution in [2.24, 2.45) is 5.92 Å². The lowest BCUT2D eigenvalue weighted by Gasteiger charge is -2.30. The number of ether oxygens (including phenoxy) is 2. The van der Waals surface area contributed by atoms with E-state index in [9.17, 15) is 9.50 Å². The topological polar surface area (TPSA) is 64.5 Å². The molecule has 29 heavy (non-hydrogen) atoms. The van der Waals surface area contributed by atoms with Crippen molar-refractivity contribution in [3.8, 4) is 16.7 Å². The van der Waals surface area contributed by atoms with Gasteiger partial charge in [0.1, 0.15) is 17.3 Å². The van der Waals surface area contributed by atoms with E-state index in [0.717, 1.165) is 10.3 Å². The average molecular weight is 408 g/mol. The van der Waals surface area contributed by atoms with Gasteiger partial charge in [0.05, 0.1) is 22.9 Å². The first-order valence-corrected chi connectivity index (χ1v) is 10.0. The number of hydrogen-bond donors (Lipinski definition) is 1. The van der Waals surface area contributed by atoms with Crippen LogP contribution in [-0.4, -0.2) is 21.7 Å². The zero-order valence-electron chi connectivity index (χ0n) is 15.3. The van der Waals surface area contributed by atoms with Crippen LogP contribution in [0.15, 0.2) is 60.9 Å². The Balaban J connectivity index is 1.38. The van der Waals surface area contributed by atoms with Crippen molar-refractivity contribution >= 4 is 21.6 Å². The number of aliphatic hydroxyl groups is 1. The van der Waals surface area contributed by atoms with E-state index in [1.165, 1.54) is 23.5 Å². The third-order valence-electron chi connectivity index (χ3n) is 4.96. The van der Waals surface area contributed by atoms with Crippen molar-refractivity contribution in [1.29, 1.82) is 0 Å². The molecular formula is C22H17FN2O3S. The lowest BCUT2D eigenvalue weighted by atomic mass is 9.88. The van der Waals surface area contributed by atoms with Crippen molar-refractivity contribution in [2.75, 3.05) is 6.61 Å². The Kier molecular flexibility index (Phi) is 4.61. The van der Waals surface area contributed by atoms with Gasteiger partial charge in [-0.05, 0) is 48.4 Å². The first-order valence-electron chi connectivity index (χ1n) is 9.23. The van der Waals surface area contributed by atoms with Crippen LogP contribution in [0.2, 0.25) is 0 Å². The molecule has 0 amide bonds. The minimum absolute atomic E-state index is 0.0765. The van der Waals surface area contributed by atoms with Crippen LogP contribution in [0, 0.1) is 11.7 Å². The number of pyridine rings is 1. The van der Waals surface area contributed by atoms with E-state index in [2.05, 4.69) is 9.97 Å². The van der Waals surface area contributed by atoms with Gasteiger partial charge in [-0.25, -0.2) is 9.37 Å². The molecule has 5 rings (SSSR count). The van der Waals surface area contributed by atoms with E-state index >= 15 is 0 Å². The molecule has 2 aromatic heterocycles. The number of halogens is 1. The molecule has 5 nitrogen and oxygen atoms in total. The molecule has 0 spiro atoms. The SMILES string of the molecule is O[C@H]1c2cc(Oc3nc4cc(F)ccc4s3)ccc2OC[C@H]1Cc1cccnc1. The third-order valence-corrected chi connectivity index (χ3v) is 5.87. The van der Waals surface area contributed by atoms with Gasteiger partial charge in [0, 0.05) is 29.9 Å². The van der Waals surface area contributed by atoms with Crippen LogP contribution in [0.1, 0.15) is 17.2 Å². The molecule has 3 heterocycles. The maximum absolute atomic E-state index is 13.4. The fourth-order valence-electron chi connectivity index (χ4n) is 3.51. The van der Waals surface area contributed by atoms with Crippen LogP contribution in [0.5, 0.6) is 16.7 Å². The molecule has 146 valence electrons. The van der Waals surface area contributed by atoms with E-state index in [1.54, 1.807) is 36.7 Å². The van der Waals surface area contributed by atoms with Crippen molar-refractivity contribution < 1.29 is 19.0 Å². The molecule has 0 unspecified atom stereocenters. The van der Waals surface area contributed by atoms with Crippen LogP contribution >= 0.6 is 11.3 Å². The molecule has 0 bridgehead atoms. The highest BCUT2D eigenvalue weighted by molar-refractivity contribution is 7.20. The van der Waals surface area contributed by atoms with Gasteiger partial charge in [-0.3, -0.25) is 4.98 Å². The third kappa shape index (κ3) is 3.66. The number of fused-ring (bicyclic) bond motifs is 2. The minimum atomic E-state index is -0.674. The number of rotatable bonds is 4. The van der Waals surface area contributed by atoms with E-state index in [1.807, 2.05) is 12.1 Å². The molecule has 0 aliphatic carbocycles. The number of benzene rings is 2. The second-order valence-electron chi connectivity index (χ2n) is 6.97. The summed E-state index contributed by atoms with van der Waals surface area (Å²) in [6.07, 6.45) is 3.53. The Hall–Kier alpha value is -3.03.